The van der Waals surface area contributed by atoms with Crippen molar-refractivity contribution in [3.63, 3.8) is 0 Å². The number of aromatic nitrogens is 1. The Morgan fingerprint density at radius 2 is 2.00 bits per heavy atom. The summed E-state index contributed by atoms with van der Waals surface area (Å²) in [5.74, 6) is 0.463. The maximum absolute atomic E-state index is 12.1. The van der Waals surface area contributed by atoms with Gasteiger partial charge >= 0.3 is 0 Å². The zero-order valence-corrected chi connectivity index (χ0v) is 14.6. The summed E-state index contributed by atoms with van der Waals surface area (Å²) in [4.78, 5) is 29.4. The van der Waals surface area contributed by atoms with E-state index in [-0.39, 0.29) is 18.4 Å². The Labute approximate surface area is 147 Å². The fourth-order valence-electron chi connectivity index (χ4n) is 2.37. The minimum absolute atomic E-state index is 0.0412. The van der Waals surface area contributed by atoms with Gasteiger partial charge in [-0.05, 0) is 35.7 Å². The third-order valence-corrected chi connectivity index (χ3v) is 3.80. The number of ether oxygens (including phenoxy) is 1. The maximum atomic E-state index is 12.1. The number of carbonyl (C=O) groups excluding carboxylic acids is 2. The third-order valence-electron chi connectivity index (χ3n) is 3.80. The molecule has 1 aromatic carbocycles. The van der Waals surface area contributed by atoms with Crippen LogP contribution in [0.15, 0.2) is 48.8 Å². The van der Waals surface area contributed by atoms with Crippen molar-refractivity contribution in [2.24, 2.45) is 0 Å². The second kappa shape index (κ2) is 9.42. The van der Waals surface area contributed by atoms with E-state index < -0.39 is 0 Å². The highest BCUT2D eigenvalue weighted by Gasteiger charge is 2.13. The molecule has 1 N–H and O–H groups in total. The molecule has 0 saturated heterocycles. The quantitative estimate of drug-likeness (QED) is 0.795. The number of hydrogen-bond acceptors (Lipinski definition) is 4. The molecular formula is C19H23N3O3. The second-order valence-corrected chi connectivity index (χ2v) is 5.68. The van der Waals surface area contributed by atoms with Crippen molar-refractivity contribution >= 4 is 11.8 Å². The summed E-state index contributed by atoms with van der Waals surface area (Å²) in [6.07, 6.45) is 4.04. The Morgan fingerprint density at radius 1 is 1.20 bits per heavy atom. The van der Waals surface area contributed by atoms with Crippen molar-refractivity contribution < 1.29 is 14.3 Å². The number of rotatable bonds is 8. The number of hydrogen-bond donors (Lipinski definition) is 1. The van der Waals surface area contributed by atoms with Crippen LogP contribution in [-0.2, 0) is 22.6 Å². The lowest BCUT2D eigenvalue weighted by Gasteiger charge is -2.20. The van der Waals surface area contributed by atoms with Gasteiger partial charge in [0, 0.05) is 32.4 Å². The lowest BCUT2D eigenvalue weighted by atomic mass is 10.1. The van der Waals surface area contributed by atoms with Gasteiger partial charge in [0.2, 0.25) is 11.8 Å². The summed E-state index contributed by atoms with van der Waals surface area (Å²) in [7, 11) is 1.62. The number of methoxy groups -OCH3 is 1. The molecule has 2 amide bonds. The zero-order chi connectivity index (χ0) is 18.1. The SMILES string of the molecule is COc1cccc(CCN(CC(=O)NCc2cccnc2)C(C)=O)c1. The first-order chi connectivity index (χ1) is 12.1. The highest BCUT2D eigenvalue weighted by atomic mass is 16.5. The van der Waals surface area contributed by atoms with Gasteiger partial charge in [-0.1, -0.05) is 18.2 Å². The predicted molar refractivity (Wildman–Crippen MR) is 95.0 cm³/mol. The fourth-order valence-corrected chi connectivity index (χ4v) is 2.37. The average Bonchev–Trinajstić information content (AvgIpc) is 2.64. The van der Waals surface area contributed by atoms with Gasteiger partial charge in [-0.3, -0.25) is 14.6 Å². The minimum atomic E-state index is -0.190. The van der Waals surface area contributed by atoms with E-state index in [0.29, 0.717) is 19.5 Å². The molecule has 2 aromatic rings. The van der Waals surface area contributed by atoms with Crippen LogP contribution in [-0.4, -0.2) is 41.9 Å². The first-order valence-corrected chi connectivity index (χ1v) is 8.12. The highest BCUT2D eigenvalue weighted by Crippen LogP contribution is 2.13. The van der Waals surface area contributed by atoms with Crippen LogP contribution in [0.2, 0.25) is 0 Å². The van der Waals surface area contributed by atoms with Gasteiger partial charge in [0.25, 0.3) is 0 Å². The normalized spacial score (nSPS) is 10.2. The summed E-state index contributed by atoms with van der Waals surface area (Å²) in [6, 6.07) is 11.4. The molecule has 0 radical (unpaired) electrons. The van der Waals surface area contributed by atoms with Crippen LogP contribution in [0.3, 0.4) is 0 Å². The van der Waals surface area contributed by atoms with Crippen LogP contribution in [0, 0.1) is 0 Å². The van der Waals surface area contributed by atoms with Crippen molar-refractivity contribution in [1.82, 2.24) is 15.2 Å². The number of pyridine rings is 1. The molecule has 2 rings (SSSR count). The first kappa shape index (κ1) is 18.4. The van der Waals surface area contributed by atoms with Crippen LogP contribution >= 0.6 is 0 Å². The van der Waals surface area contributed by atoms with Crippen LogP contribution in [0.25, 0.3) is 0 Å². The van der Waals surface area contributed by atoms with Gasteiger partial charge in [0.1, 0.15) is 5.75 Å². The molecular weight excluding hydrogens is 318 g/mol. The summed E-state index contributed by atoms with van der Waals surface area (Å²) in [5.41, 5.74) is 1.97. The molecule has 0 aliphatic heterocycles. The number of nitrogens with one attached hydrogen (secondary N) is 1. The minimum Gasteiger partial charge on any atom is -0.497 e. The Balaban J connectivity index is 1.85. The van der Waals surface area contributed by atoms with E-state index in [1.807, 2.05) is 36.4 Å². The van der Waals surface area contributed by atoms with Crippen LogP contribution < -0.4 is 10.1 Å². The molecule has 0 unspecified atom stereocenters. The molecule has 0 fully saturated rings. The summed E-state index contributed by atoms with van der Waals surface area (Å²) < 4.78 is 5.20. The number of benzene rings is 1. The number of carbonyl (C=O) groups is 2. The third kappa shape index (κ3) is 6.25. The van der Waals surface area contributed by atoms with E-state index >= 15 is 0 Å². The van der Waals surface area contributed by atoms with E-state index in [0.717, 1.165) is 16.9 Å². The van der Waals surface area contributed by atoms with Crippen molar-refractivity contribution in [1.29, 1.82) is 0 Å². The molecule has 0 saturated carbocycles. The number of amides is 2. The van der Waals surface area contributed by atoms with E-state index in [1.54, 1.807) is 19.5 Å². The Hall–Kier alpha value is -2.89. The monoisotopic (exact) mass is 341 g/mol. The second-order valence-electron chi connectivity index (χ2n) is 5.68. The molecule has 0 spiro atoms. The van der Waals surface area contributed by atoms with E-state index in [1.165, 1.54) is 11.8 Å². The van der Waals surface area contributed by atoms with Gasteiger partial charge < -0.3 is 15.0 Å². The molecule has 0 aliphatic carbocycles. The van der Waals surface area contributed by atoms with E-state index in [9.17, 15) is 9.59 Å². The molecule has 1 aromatic heterocycles. The van der Waals surface area contributed by atoms with Gasteiger partial charge in [0.05, 0.1) is 13.7 Å². The van der Waals surface area contributed by atoms with Crippen molar-refractivity contribution in [2.45, 2.75) is 19.9 Å². The summed E-state index contributed by atoms with van der Waals surface area (Å²) >= 11 is 0. The molecule has 0 atom stereocenters. The van der Waals surface area contributed by atoms with Crippen molar-refractivity contribution in [3.8, 4) is 5.75 Å². The maximum Gasteiger partial charge on any atom is 0.239 e. The van der Waals surface area contributed by atoms with Crippen LogP contribution in [0.5, 0.6) is 5.75 Å². The number of nitrogens with zero attached hydrogens (tertiary/aromatic N) is 2. The first-order valence-electron chi connectivity index (χ1n) is 8.12. The Bertz CT molecular complexity index is 704. The zero-order valence-electron chi connectivity index (χ0n) is 14.6. The molecule has 0 aliphatic rings. The van der Waals surface area contributed by atoms with Gasteiger partial charge in [-0.15, -0.1) is 0 Å². The predicted octanol–water partition coefficient (Wildman–Crippen LogP) is 1.80. The molecule has 132 valence electrons. The van der Waals surface area contributed by atoms with Gasteiger partial charge in [-0.2, -0.15) is 0 Å². The van der Waals surface area contributed by atoms with Crippen molar-refractivity contribution in [2.75, 3.05) is 20.2 Å². The van der Waals surface area contributed by atoms with Crippen LogP contribution in [0.4, 0.5) is 0 Å². The Morgan fingerprint density at radius 3 is 2.68 bits per heavy atom. The standard InChI is InChI=1S/C19H23N3O3/c1-15(23)22(10-8-16-5-3-7-18(11-16)25-2)14-19(24)21-13-17-6-4-9-20-12-17/h3-7,9,11-12H,8,10,13-14H2,1-2H3,(H,21,24). The molecule has 0 bridgehead atoms. The van der Waals surface area contributed by atoms with E-state index in [4.69, 9.17) is 4.74 Å². The lowest BCUT2D eigenvalue weighted by molar-refractivity contribution is -0.134. The lowest BCUT2D eigenvalue weighted by Crippen LogP contribution is -2.40. The van der Waals surface area contributed by atoms with Gasteiger partial charge in [0.15, 0.2) is 0 Å². The molecule has 1 heterocycles. The summed E-state index contributed by atoms with van der Waals surface area (Å²) in [6.45, 7) is 2.39. The van der Waals surface area contributed by atoms with Gasteiger partial charge in [-0.25, -0.2) is 0 Å². The van der Waals surface area contributed by atoms with E-state index in [2.05, 4.69) is 10.3 Å². The largest absolute Gasteiger partial charge is 0.497 e. The van der Waals surface area contributed by atoms with Crippen LogP contribution in [0.1, 0.15) is 18.1 Å². The molecule has 6 heteroatoms. The summed E-state index contributed by atoms with van der Waals surface area (Å²) in [5, 5.41) is 2.81. The molecule has 25 heavy (non-hydrogen) atoms. The molecule has 6 nitrogen and oxygen atoms in total. The van der Waals surface area contributed by atoms with Crippen molar-refractivity contribution in [3.05, 3.63) is 59.9 Å². The average molecular weight is 341 g/mol. The topological polar surface area (TPSA) is 71.5 Å². The highest BCUT2D eigenvalue weighted by molar-refractivity contribution is 5.83. The smallest absolute Gasteiger partial charge is 0.239 e. The fraction of sp³-hybridized carbons (Fsp3) is 0.316. The Kier molecular flexibility index (Phi) is 6.95.